The number of nitrogens with zero attached hydrogens (tertiary/aromatic N) is 2. The highest BCUT2D eigenvalue weighted by molar-refractivity contribution is 7.13. The first-order valence-corrected chi connectivity index (χ1v) is 6.66. The van der Waals surface area contributed by atoms with E-state index in [2.05, 4.69) is 16.9 Å². The van der Waals surface area contributed by atoms with Gasteiger partial charge in [0.15, 0.2) is 0 Å². The summed E-state index contributed by atoms with van der Waals surface area (Å²) in [6.07, 6.45) is 8.71. The van der Waals surface area contributed by atoms with Gasteiger partial charge >= 0.3 is 0 Å². The van der Waals surface area contributed by atoms with Gasteiger partial charge in [0.25, 0.3) is 0 Å². The predicted octanol–water partition coefficient (Wildman–Crippen LogP) is 3.26. The minimum absolute atomic E-state index is 1.10. The Kier molecular flexibility index (Phi) is 2.48. The molecule has 1 aliphatic rings. The predicted molar refractivity (Wildman–Crippen MR) is 66.7 cm³/mol. The van der Waals surface area contributed by atoms with Crippen molar-refractivity contribution in [3.05, 3.63) is 34.7 Å². The molecule has 0 atom stereocenters. The highest BCUT2D eigenvalue weighted by Crippen LogP contribution is 2.33. The number of pyridine rings is 1. The maximum Gasteiger partial charge on any atom is 0.0797 e. The molecule has 0 fully saturated rings. The van der Waals surface area contributed by atoms with Crippen molar-refractivity contribution in [3.8, 4) is 10.4 Å². The van der Waals surface area contributed by atoms with Crippen LogP contribution in [0.25, 0.3) is 10.4 Å². The smallest absolute Gasteiger partial charge is 0.0797 e. The van der Waals surface area contributed by atoms with Crippen LogP contribution >= 0.6 is 11.3 Å². The van der Waals surface area contributed by atoms with Crippen LogP contribution in [0.15, 0.2) is 17.9 Å². The molecule has 2 heterocycles. The summed E-state index contributed by atoms with van der Waals surface area (Å²) in [6.45, 7) is 2.23. The van der Waals surface area contributed by atoms with E-state index in [-0.39, 0.29) is 0 Å². The van der Waals surface area contributed by atoms with Gasteiger partial charge in [0, 0.05) is 23.7 Å². The van der Waals surface area contributed by atoms with Crippen LogP contribution in [0.4, 0.5) is 0 Å². The molecule has 0 spiro atoms. The van der Waals surface area contributed by atoms with Crippen molar-refractivity contribution in [1.82, 2.24) is 9.97 Å². The van der Waals surface area contributed by atoms with Gasteiger partial charge in [0.2, 0.25) is 0 Å². The van der Waals surface area contributed by atoms with Crippen LogP contribution in [-0.2, 0) is 19.3 Å². The zero-order chi connectivity index (χ0) is 11.0. The molecule has 0 saturated heterocycles. The Labute approximate surface area is 99.4 Å². The van der Waals surface area contributed by atoms with Gasteiger partial charge in [-0.1, -0.05) is 6.92 Å². The topological polar surface area (TPSA) is 25.8 Å². The molecule has 82 valence electrons. The van der Waals surface area contributed by atoms with Gasteiger partial charge < -0.3 is 0 Å². The van der Waals surface area contributed by atoms with Crippen LogP contribution in [0.1, 0.15) is 30.2 Å². The lowest BCUT2D eigenvalue weighted by molar-refractivity contribution is 0.896. The quantitative estimate of drug-likeness (QED) is 0.791. The van der Waals surface area contributed by atoms with Crippen LogP contribution in [0.2, 0.25) is 0 Å². The molecular formula is C13H14N2S. The van der Waals surface area contributed by atoms with Crippen LogP contribution < -0.4 is 0 Å². The zero-order valence-electron chi connectivity index (χ0n) is 9.36. The molecule has 0 radical (unpaired) electrons. The second kappa shape index (κ2) is 3.98. The number of aryl methyl sites for hydroxylation is 1. The second-order valence-corrected chi connectivity index (χ2v) is 5.03. The summed E-state index contributed by atoms with van der Waals surface area (Å²) < 4.78 is 0. The molecule has 0 aliphatic heterocycles. The summed E-state index contributed by atoms with van der Waals surface area (Å²) in [6, 6.07) is 0. The lowest BCUT2D eigenvalue weighted by Crippen LogP contribution is -1.97. The molecule has 0 amide bonds. The third-order valence-electron chi connectivity index (χ3n) is 3.28. The Balaban J connectivity index is 2.19. The fourth-order valence-corrected chi connectivity index (χ4v) is 3.20. The molecule has 1 aliphatic carbocycles. The van der Waals surface area contributed by atoms with Gasteiger partial charge in [0.1, 0.15) is 0 Å². The molecule has 0 bridgehead atoms. The maximum atomic E-state index is 4.60. The van der Waals surface area contributed by atoms with Gasteiger partial charge in [-0.25, -0.2) is 0 Å². The van der Waals surface area contributed by atoms with Crippen molar-refractivity contribution in [3.63, 3.8) is 0 Å². The Morgan fingerprint density at radius 1 is 1.31 bits per heavy atom. The molecule has 0 saturated carbocycles. The fourth-order valence-electron chi connectivity index (χ4n) is 2.54. The van der Waals surface area contributed by atoms with Crippen LogP contribution in [-0.4, -0.2) is 9.97 Å². The minimum atomic E-state index is 1.10. The van der Waals surface area contributed by atoms with E-state index in [0.717, 1.165) is 12.8 Å². The SMILES string of the molecule is CCc1c(-c2cncs2)cnc2c1CCC2. The monoisotopic (exact) mass is 230 g/mol. The first kappa shape index (κ1) is 9.97. The van der Waals surface area contributed by atoms with Gasteiger partial charge in [-0.15, -0.1) is 11.3 Å². The average molecular weight is 230 g/mol. The van der Waals surface area contributed by atoms with Crippen molar-refractivity contribution >= 4 is 11.3 Å². The highest BCUT2D eigenvalue weighted by atomic mass is 32.1. The maximum absolute atomic E-state index is 4.60. The highest BCUT2D eigenvalue weighted by Gasteiger charge is 2.19. The number of hydrogen-bond donors (Lipinski definition) is 0. The minimum Gasteiger partial charge on any atom is -0.260 e. The van der Waals surface area contributed by atoms with E-state index >= 15 is 0 Å². The van der Waals surface area contributed by atoms with Crippen LogP contribution in [0.3, 0.4) is 0 Å². The first-order valence-electron chi connectivity index (χ1n) is 5.78. The van der Waals surface area contributed by atoms with Gasteiger partial charge in [-0.3, -0.25) is 9.97 Å². The van der Waals surface area contributed by atoms with E-state index in [9.17, 15) is 0 Å². The van der Waals surface area contributed by atoms with Gasteiger partial charge in [0.05, 0.1) is 10.4 Å². The van der Waals surface area contributed by atoms with Gasteiger partial charge in [-0.05, 0) is 36.8 Å². The third kappa shape index (κ3) is 1.47. The molecule has 3 rings (SSSR count). The molecule has 2 nitrogen and oxygen atoms in total. The van der Waals surface area contributed by atoms with E-state index < -0.39 is 0 Å². The van der Waals surface area contributed by atoms with E-state index in [0.29, 0.717) is 0 Å². The zero-order valence-corrected chi connectivity index (χ0v) is 10.2. The molecular weight excluding hydrogens is 216 g/mol. The molecule has 16 heavy (non-hydrogen) atoms. The number of hydrogen-bond acceptors (Lipinski definition) is 3. The number of rotatable bonds is 2. The standard InChI is InChI=1S/C13H14N2S/c1-2-9-10-4-3-5-12(10)15-6-11(9)13-7-14-8-16-13/h6-8H,2-5H2,1H3. The fraction of sp³-hybridized carbons (Fsp3) is 0.385. The Morgan fingerprint density at radius 3 is 3.00 bits per heavy atom. The van der Waals surface area contributed by atoms with Crippen LogP contribution in [0, 0.1) is 0 Å². The average Bonchev–Trinajstić information content (AvgIpc) is 2.97. The first-order chi connectivity index (χ1) is 7.90. The number of thiazole rings is 1. The van der Waals surface area contributed by atoms with E-state index in [1.807, 2.05) is 17.9 Å². The van der Waals surface area contributed by atoms with Crippen molar-refractivity contribution in [2.24, 2.45) is 0 Å². The van der Waals surface area contributed by atoms with E-state index in [4.69, 9.17) is 0 Å². The number of fused-ring (bicyclic) bond motifs is 1. The molecule has 3 heteroatoms. The second-order valence-electron chi connectivity index (χ2n) is 4.15. The normalized spacial score (nSPS) is 14.1. The summed E-state index contributed by atoms with van der Waals surface area (Å²) in [7, 11) is 0. The Bertz CT molecular complexity index is 503. The van der Waals surface area contributed by atoms with E-state index in [1.165, 1.54) is 40.1 Å². The molecule has 0 unspecified atom stereocenters. The van der Waals surface area contributed by atoms with Crippen LogP contribution in [0.5, 0.6) is 0 Å². The Morgan fingerprint density at radius 2 is 2.25 bits per heavy atom. The van der Waals surface area contributed by atoms with Crippen molar-refractivity contribution in [2.75, 3.05) is 0 Å². The lowest BCUT2D eigenvalue weighted by Gasteiger charge is -2.10. The largest absolute Gasteiger partial charge is 0.260 e. The summed E-state index contributed by atoms with van der Waals surface area (Å²) in [4.78, 5) is 10.0. The summed E-state index contributed by atoms with van der Waals surface area (Å²) in [5.74, 6) is 0. The summed E-state index contributed by atoms with van der Waals surface area (Å²) >= 11 is 1.70. The van der Waals surface area contributed by atoms with E-state index in [1.54, 1.807) is 11.3 Å². The third-order valence-corrected chi connectivity index (χ3v) is 4.09. The summed E-state index contributed by atoms with van der Waals surface area (Å²) in [5.41, 5.74) is 7.51. The van der Waals surface area contributed by atoms with Crippen molar-refractivity contribution in [2.45, 2.75) is 32.6 Å². The molecule has 2 aromatic heterocycles. The molecule has 2 aromatic rings. The molecule has 0 N–H and O–H groups in total. The Hall–Kier alpha value is -1.22. The number of aromatic nitrogens is 2. The lowest BCUT2D eigenvalue weighted by atomic mass is 9.99. The van der Waals surface area contributed by atoms with Crippen molar-refractivity contribution < 1.29 is 0 Å². The molecule has 0 aromatic carbocycles. The van der Waals surface area contributed by atoms with Crippen molar-refractivity contribution in [1.29, 1.82) is 0 Å². The summed E-state index contributed by atoms with van der Waals surface area (Å²) in [5, 5.41) is 0. The van der Waals surface area contributed by atoms with Gasteiger partial charge in [-0.2, -0.15) is 0 Å².